The molecule has 0 spiro atoms. The van der Waals surface area contributed by atoms with Gasteiger partial charge in [0, 0.05) is 53.0 Å². The molecule has 3 heterocycles. The molecule has 0 amide bonds. The second-order valence-electron chi connectivity index (χ2n) is 22.1. The van der Waals surface area contributed by atoms with E-state index >= 15 is 0 Å². The first-order valence-corrected chi connectivity index (χ1v) is 24.6. The summed E-state index contributed by atoms with van der Waals surface area (Å²) in [5.41, 5.74) is 16.1. The van der Waals surface area contributed by atoms with E-state index in [1.54, 1.807) is 0 Å². The monoisotopic (exact) mass is 934 g/mol. The third kappa shape index (κ3) is 7.49. The summed E-state index contributed by atoms with van der Waals surface area (Å²) in [6, 6.07) is 50.1. The Balaban J connectivity index is 1.29. The first kappa shape index (κ1) is 43.3. The van der Waals surface area contributed by atoms with Crippen molar-refractivity contribution in [1.29, 1.82) is 0 Å². The van der Waals surface area contributed by atoms with Crippen molar-refractivity contribution in [2.24, 2.45) is 0 Å². The lowest BCUT2D eigenvalue weighted by atomic mass is 9.78. The number of thiophene rings is 1. The largest absolute Gasteiger partial charge is 0.455 e. The van der Waals surface area contributed by atoms with Crippen LogP contribution < -0.4 is 4.90 Å². The van der Waals surface area contributed by atoms with Crippen LogP contribution >= 0.6 is 27.3 Å². The Hall–Kier alpha value is -5.62. The second kappa shape index (κ2) is 15.2. The van der Waals surface area contributed by atoms with Crippen molar-refractivity contribution in [3.63, 3.8) is 0 Å². The molecule has 0 aliphatic carbocycles. The van der Waals surface area contributed by atoms with Gasteiger partial charge in [0.2, 0.25) is 0 Å². The average molecular weight is 936 g/mol. The van der Waals surface area contributed by atoms with Gasteiger partial charge in [-0.1, -0.05) is 156 Å². The molecule has 10 rings (SSSR count). The van der Waals surface area contributed by atoms with E-state index < -0.39 is 0 Å². The molecule has 328 valence electrons. The standard InChI is InChI=1S/C60H59BrN2OS/c1-57(2,3)37-24-26-50(45(31-37)36-28-39(59(7,8)9)30-40(29-36)60(10,11)12)62(51-35-65-53-27-25-38(32-47(51)53)58(4,5)6)41-18-17-19-42(33-41)63-49-22-15-13-21-44(49)54-55(63)48(61)34-46-43-20-14-16-23-52(43)64-56(46)54/h13-35H,1-12H3. The van der Waals surface area contributed by atoms with E-state index in [1.807, 2.05) is 17.4 Å². The Morgan fingerprint density at radius 1 is 0.523 bits per heavy atom. The maximum atomic E-state index is 6.73. The van der Waals surface area contributed by atoms with E-state index in [0.29, 0.717) is 0 Å². The first-order chi connectivity index (χ1) is 30.7. The molecule has 10 aromatic rings. The zero-order chi connectivity index (χ0) is 46.0. The summed E-state index contributed by atoms with van der Waals surface area (Å²) >= 11 is 5.92. The van der Waals surface area contributed by atoms with Crippen LogP contribution in [0, 0.1) is 0 Å². The van der Waals surface area contributed by atoms with E-state index in [-0.39, 0.29) is 21.7 Å². The molecule has 0 aliphatic rings. The summed E-state index contributed by atoms with van der Waals surface area (Å²) in [5.74, 6) is 0. The Morgan fingerprint density at radius 2 is 1.15 bits per heavy atom. The lowest BCUT2D eigenvalue weighted by Crippen LogP contribution is -2.17. The summed E-state index contributed by atoms with van der Waals surface area (Å²) < 4.78 is 11.4. The molecule has 0 fully saturated rings. The van der Waals surface area contributed by atoms with E-state index in [2.05, 4.69) is 241 Å². The van der Waals surface area contributed by atoms with E-state index in [4.69, 9.17) is 4.42 Å². The lowest BCUT2D eigenvalue weighted by Gasteiger charge is -2.31. The fourth-order valence-corrected chi connectivity index (χ4v) is 11.0. The fraction of sp³-hybridized carbons (Fsp3) is 0.267. The van der Waals surface area contributed by atoms with E-state index in [1.165, 1.54) is 49.2 Å². The number of rotatable bonds is 5. The molecule has 0 bridgehead atoms. The van der Waals surface area contributed by atoms with Crippen LogP contribution in [0.2, 0.25) is 0 Å². The van der Waals surface area contributed by atoms with Crippen LogP contribution in [-0.4, -0.2) is 4.57 Å². The second-order valence-corrected chi connectivity index (χ2v) is 23.9. The SMILES string of the molecule is CC(C)(C)c1cc(-c2cc(C(C)(C)C)ccc2N(c2cccc(-n3c4ccccc4c4c5oc6ccccc6c5cc(Br)c43)c2)c2csc3ccc(C(C)(C)C)cc23)cc(C(C)(C)C)c1. The van der Waals surface area contributed by atoms with Crippen molar-refractivity contribution < 1.29 is 4.42 Å². The first-order valence-electron chi connectivity index (χ1n) is 22.9. The predicted molar refractivity (Wildman–Crippen MR) is 286 cm³/mol. The molecule has 0 unspecified atom stereocenters. The van der Waals surface area contributed by atoms with Gasteiger partial charge in [0.15, 0.2) is 0 Å². The van der Waals surface area contributed by atoms with Crippen molar-refractivity contribution in [3.05, 3.63) is 166 Å². The minimum absolute atomic E-state index is 0.0103. The number of aromatic nitrogens is 1. The van der Waals surface area contributed by atoms with Gasteiger partial charge in [-0.25, -0.2) is 0 Å². The van der Waals surface area contributed by atoms with E-state index in [9.17, 15) is 0 Å². The van der Waals surface area contributed by atoms with Crippen molar-refractivity contribution >= 4 is 98.2 Å². The van der Waals surface area contributed by atoms with Gasteiger partial charge in [0.25, 0.3) is 0 Å². The smallest absolute Gasteiger partial charge is 0.145 e. The summed E-state index contributed by atoms with van der Waals surface area (Å²) in [5, 5.41) is 8.11. The zero-order valence-corrected chi connectivity index (χ0v) is 42.3. The summed E-state index contributed by atoms with van der Waals surface area (Å²) in [6.45, 7) is 27.9. The normalized spacial score (nSPS) is 13.0. The van der Waals surface area contributed by atoms with Gasteiger partial charge in [0.1, 0.15) is 11.2 Å². The number of para-hydroxylation sites is 2. The molecule has 0 saturated heterocycles. The third-order valence-corrected chi connectivity index (χ3v) is 14.9. The van der Waals surface area contributed by atoms with Gasteiger partial charge in [-0.2, -0.15) is 0 Å². The molecule has 0 aliphatic heterocycles. The number of anilines is 3. The number of benzene rings is 7. The van der Waals surface area contributed by atoms with Crippen molar-refractivity contribution in [2.75, 3.05) is 4.90 Å². The molecule has 0 saturated carbocycles. The van der Waals surface area contributed by atoms with Crippen LogP contribution in [0.5, 0.6) is 0 Å². The molecule has 3 nitrogen and oxygen atoms in total. The summed E-state index contributed by atoms with van der Waals surface area (Å²) in [4.78, 5) is 2.54. The Morgan fingerprint density at radius 3 is 1.85 bits per heavy atom. The van der Waals surface area contributed by atoms with Crippen LogP contribution in [0.1, 0.15) is 105 Å². The Bertz CT molecular complexity index is 3460. The molecule has 3 aromatic heterocycles. The van der Waals surface area contributed by atoms with Gasteiger partial charge in [-0.15, -0.1) is 11.3 Å². The third-order valence-electron chi connectivity index (χ3n) is 13.3. The van der Waals surface area contributed by atoms with Crippen molar-refractivity contribution in [1.82, 2.24) is 4.57 Å². The number of nitrogens with zero attached hydrogens (tertiary/aromatic N) is 2. The molecule has 65 heavy (non-hydrogen) atoms. The highest BCUT2D eigenvalue weighted by Crippen LogP contribution is 2.50. The van der Waals surface area contributed by atoms with Crippen LogP contribution in [0.15, 0.2) is 148 Å². The van der Waals surface area contributed by atoms with Crippen LogP contribution in [-0.2, 0) is 21.7 Å². The zero-order valence-electron chi connectivity index (χ0n) is 39.9. The quantitative estimate of drug-likeness (QED) is 0.171. The molecule has 0 N–H and O–H groups in total. The maximum absolute atomic E-state index is 6.73. The average Bonchev–Trinajstić information content (AvgIpc) is 3.95. The van der Waals surface area contributed by atoms with Gasteiger partial charge in [0.05, 0.1) is 27.8 Å². The molecule has 0 atom stereocenters. The number of furan rings is 1. The number of halogens is 1. The highest BCUT2D eigenvalue weighted by atomic mass is 79.9. The van der Waals surface area contributed by atoms with E-state index in [0.717, 1.165) is 65.3 Å². The highest BCUT2D eigenvalue weighted by Gasteiger charge is 2.28. The molecule has 5 heteroatoms. The van der Waals surface area contributed by atoms with Gasteiger partial charge in [-0.05, 0) is 126 Å². The molecule has 0 radical (unpaired) electrons. The summed E-state index contributed by atoms with van der Waals surface area (Å²) in [6.07, 6.45) is 0. The Kier molecular flexibility index (Phi) is 10.1. The fourth-order valence-electron chi connectivity index (χ4n) is 9.47. The number of hydrogen-bond donors (Lipinski definition) is 0. The van der Waals surface area contributed by atoms with Gasteiger partial charge in [-0.3, -0.25) is 0 Å². The Labute approximate surface area is 396 Å². The topological polar surface area (TPSA) is 21.3 Å². The maximum Gasteiger partial charge on any atom is 0.145 e. The van der Waals surface area contributed by atoms with Gasteiger partial charge < -0.3 is 13.9 Å². The highest BCUT2D eigenvalue weighted by molar-refractivity contribution is 9.10. The van der Waals surface area contributed by atoms with Gasteiger partial charge >= 0.3 is 0 Å². The number of fused-ring (bicyclic) bond motifs is 8. The lowest BCUT2D eigenvalue weighted by molar-refractivity contribution is 0.569. The molecular weight excluding hydrogens is 877 g/mol. The summed E-state index contributed by atoms with van der Waals surface area (Å²) in [7, 11) is 0. The predicted octanol–water partition coefficient (Wildman–Crippen LogP) is 19.0. The van der Waals surface area contributed by atoms with Crippen LogP contribution in [0.3, 0.4) is 0 Å². The number of hydrogen-bond acceptors (Lipinski definition) is 3. The minimum Gasteiger partial charge on any atom is -0.455 e. The van der Waals surface area contributed by atoms with Crippen LogP contribution in [0.4, 0.5) is 17.1 Å². The molecule has 7 aromatic carbocycles. The van der Waals surface area contributed by atoms with Crippen LogP contribution in [0.25, 0.3) is 70.6 Å². The van der Waals surface area contributed by atoms with Crippen molar-refractivity contribution in [3.8, 4) is 16.8 Å². The molecular formula is C60H59BrN2OS. The minimum atomic E-state index is -0.0572. The van der Waals surface area contributed by atoms with Crippen molar-refractivity contribution in [2.45, 2.75) is 105 Å².